The molecule has 0 aromatic heterocycles. The van der Waals surface area contributed by atoms with E-state index >= 15 is 0 Å². The lowest BCUT2D eigenvalue weighted by molar-refractivity contribution is 0.126. The van der Waals surface area contributed by atoms with E-state index in [0.29, 0.717) is 0 Å². The van der Waals surface area contributed by atoms with Crippen molar-refractivity contribution in [3.05, 3.63) is 0 Å². The summed E-state index contributed by atoms with van der Waals surface area (Å²) in [5, 5.41) is 9.35. The Labute approximate surface area is 69.6 Å². The Bertz CT molecular complexity index is 74.0. The molecule has 0 saturated heterocycles. The topological polar surface area (TPSA) is 29.5 Å². The number of unbranched alkanes of at least 4 members (excludes halogenated alkanes) is 1. The van der Waals surface area contributed by atoms with E-state index in [-0.39, 0.29) is 6.10 Å². The zero-order valence-corrected chi connectivity index (χ0v) is 7.68. The number of rotatable bonds is 7. The number of aliphatic hydroxyl groups is 1. The van der Waals surface area contributed by atoms with E-state index in [1.54, 1.807) is 7.11 Å². The van der Waals surface area contributed by atoms with E-state index in [1.165, 1.54) is 6.42 Å². The predicted octanol–water partition coefficient (Wildman–Crippen LogP) is 1.96. The van der Waals surface area contributed by atoms with Gasteiger partial charge >= 0.3 is 0 Å². The van der Waals surface area contributed by atoms with Gasteiger partial charge in [0, 0.05) is 13.7 Å². The second-order valence-corrected chi connectivity index (χ2v) is 2.93. The summed E-state index contributed by atoms with van der Waals surface area (Å²) < 4.78 is 4.89. The first kappa shape index (κ1) is 10.9. The molecular formula is C9H20O2. The third-order valence-electron chi connectivity index (χ3n) is 1.78. The van der Waals surface area contributed by atoms with Crippen LogP contribution in [0.4, 0.5) is 0 Å². The van der Waals surface area contributed by atoms with E-state index in [2.05, 4.69) is 6.92 Å². The third-order valence-corrected chi connectivity index (χ3v) is 1.78. The molecule has 0 saturated carbocycles. The summed E-state index contributed by atoms with van der Waals surface area (Å²) in [4.78, 5) is 0. The van der Waals surface area contributed by atoms with Crippen LogP contribution in [0.5, 0.6) is 0 Å². The standard InChI is InChI=1S/C9H20O2/c1-3-4-6-9(10)7-5-8-11-2/h9-10H,3-8H2,1-2H3. The molecule has 0 fully saturated rings. The van der Waals surface area contributed by atoms with E-state index in [9.17, 15) is 5.11 Å². The van der Waals surface area contributed by atoms with Crippen LogP contribution in [0, 0.1) is 0 Å². The van der Waals surface area contributed by atoms with Crippen LogP contribution in [0.25, 0.3) is 0 Å². The average Bonchev–Trinajstić information content (AvgIpc) is 2.01. The first-order chi connectivity index (χ1) is 5.31. The Morgan fingerprint density at radius 2 is 1.91 bits per heavy atom. The van der Waals surface area contributed by atoms with Crippen LogP contribution in [0.2, 0.25) is 0 Å². The molecule has 0 aliphatic rings. The van der Waals surface area contributed by atoms with Crippen molar-refractivity contribution < 1.29 is 9.84 Å². The Hall–Kier alpha value is -0.0800. The van der Waals surface area contributed by atoms with Gasteiger partial charge in [-0.1, -0.05) is 19.8 Å². The lowest BCUT2D eigenvalue weighted by atomic mass is 10.1. The van der Waals surface area contributed by atoms with Gasteiger partial charge in [0.15, 0.2) is 0 Å². The summed E-state index contributed by atoms with van der Waals surface area (Å²) in [6.07, 6.45) is 5.00. The van der Waals surface area contributed by atoms with Crippen LogP contribution in [-0.2, 0) is 4.74 Å². The van der Waals surface area contributed by atoms with Gasteiger partial charge in [0.1, 0.15) is 0 Å². The van der Waals surface area contributed by atoms with Crippen molar-refractivity contribution in [3.63, 3.8) is 0 Å². The largest absolute Gasteiger partial charge is 0.393 e. The maximum atomic E-state index is 9.35. The molecule has 0 aliphatic heterocycles. The summed E-state index contributed by atoms with van der Waals surface area (Å²) >= 11 is 0. The monoisotopic (exact) mass is 160 g/mol. The first-order valence-electron chi connectivity index (χ1n) is 4.48. The van der Waals surface area contributed by atoms with Gasteiger partial charge in [-0.3, -0.25) is 0 Å². The second-order valence-electron chi connectivity index (χ2n) is 2.93. The molecule has 0 spiro atoms. The molecular weight excluding hydrogens is 140 g/mol. The molecule has 1 N–H and O–H groups in total. The third kappa shape index (κ3) is 7.82. The summed E-state index contributed by atoms with van der Waals surface area (Å²) in [6.45, 7) is 2.91. The Kier molecular flexibility index (Phi) is 7.96. The number of methoxy groups -OCH3 is 1. The molecule has 1 atom stereocenters. The number of aliphatic hydroxyl groups excluding tert-OH is 1. The first-order valence-corrected chi connectivity index (χ1v) is 4.48. The Balaban J connectivity index is 3.02. The molecule has 1 unspecified atom stereocenters. The number of hydrogen-bond donors (Lipinski definition) is 1. The van der Waals surface area contributed by atoms with Gasteiger partial charge in [-0.25, -0.2) is 0 Å². The van der Waals surface area contributed by atoms with Crippen LogP contribution >= 0.6 is 0 Å². The van der Waals surface area contributed by atoms with Crippen molar-refractivity contribution in [2.45, 2.75) is 45.1 Å². The molecule has 0 aromatic carbocycles. The molecule has 0 amide bonds. The van der Waals surface area contributed by atoms with Gasteiger partial charge in [-0.2, -0.15) is 0 Å². The molecule has 0 heterocycles. The highest BCUT2D eigenvalue weighted by Gasteiger charge is 2.01. The zero-order valence-electron chi connectivity index (χ0n) is 7.68. The van der Waals surface area contributed by atoms with Gasteiger partial charge in [-0.05, 0) is 19.3 Å². The molecule has 11 heavy (non-hydrogen) atoms. The molecule has 0 aliphatic carbocycles. The molecule has 2 heteroatoms. The lowest BCUT2D eigenvalue weighted by Crippen LogP contribution is -2.07. The van der Waals surface area contributed by atoms with Crippen molar-refractivity contribution in [1.29, 1.82) is 0 Å². The Morgan fingerprint density at radius 1 is 1.27 bits per heavy atom. The van der Waals surface area contributed by atoms with Gasteiger partial charge in [0.05, 0.1) is 6.10 Å². The van der Waals surface area contributed by atoms with Crippen LogP contribution in [0.3, 0.4) is 0 Å². The van der Waals surface area contributed by atoms with E-state index < -0.39 is 0 Å². The van der Waals surface area contributed by atoms with Gasteiger partial charge < -0.3 is 9.84 Å². The fourth-order valence-electron chi connectivity index (χ4n) is 1.05. The maximum absolute atomic E-state index is 9.35. The maximum Gasteiger partial charge on any atom is 0.0541 e. The van der Waals surface area contributed by atoms with Crippen LogP contribution in [-0.4, -0.2) is 24.9 Å². The minimum atomic E-state index is -0.106. The minimum absolute atomic E-state index is 0.106. The van der Waals surface area contributed by atoms with Gasteiger partial charge in [0.2, 0.25) is 0 Å². The number of ether oxygens (including phenoxy) is 1. The Morgan fingerprint density at radius 3 is 2.45 bits per heavy atom. The fraction of sp³-hybridized carbons (Fsp3) is 1.00. The van der Waals surface area contributed by atoms with Crippen molar-refractivity contribution in [3.8, 4) is 0 Å². The zero-order chi connectivity index (χ0) is 8.53. The molecule has 68 valence electrons. The van der Waals surface area contributed by atoms with E-state index in [1.807, 2.05) is 0 Å². The van der Waals surface area contributed by atoms with Crippen LogP contribution in [0.1, 0.15) is 39.0 Å². The highest BCUT2D eigenvalue weighted by atomic mass is 16.5. The SMILES string of the molecule is CCCCC(O)CCCOC. The normalized spacial score (nSPS) is 13.4. The van der Waals surface area contributed by atoms with Crippen molar-refractivity contribution >= 4 is 0 Å². The summed E-state index contributed by atoms with van der Waals surface area (Å²) in [5.74, 6) is 0. The van der Waals surface area contributed by atoms with Crippen molar-refractivity contribution in [2.24, 2.45) is 0 Å². The predicted molar refractivity (Wildman–Crippen MR) is 46.6 cm³/mol. The fourth-order valence-corrected chi connectivity index (χ4v) is 1.05. The van der Waals surface area contributed by atoms with Crippen LogP contribution in [0.15, 0.2) is 0 Å². The highest BCUT2D eigenvalue weighted by molar-refractivity contribution is 4.54. The smallest absolute Gasteiger partial charge is 0.0541 e. The van der Waals surface area contributed by atoms with Crippen molar-refractivity contribution in [1.82, 2.24) is 0 Å². The minimum Gasteiger partial charge on any atom is -0.393 e. The van der Waals surface area contributed by atoms with Gasteiger partial charge in [-0.15, -0.1) is 0 Å². The highest BCUT2D eigenvalue weighted by Crippen LogP contribution is 2.05. The average molecular weight is 160 g/mol. The van der Waals surface area contributed by atoms with E-state index in [4.69, 9.17) is 4.74 Å². The second kappa shape index (κ2) is 8.02. The van der Waals surface area contributed by atoms with Crippen molar-refractivity contribution in [2.75, 3.05) is 13.7 Å². The molecule has 0 radical (unpaired) electrons. The quantitative estimate of drug-likeness (QED) is 0.577. The number of hydrogen-bond acceptors (Lipinski definition) is 2. The summed E-state index contributed by atoms with van der Waals surface area (Å²) in [7, 11) is 1.69. The lowest BCUT2D eigenvalue weighted by Gasteiger charge is -2.08. The molecule has 0 rings (SSSR count). The molecule has 0 aromatic rings. The summed E-state index contributed by atoms with van der Waals surface area (Å²) in [6, 6.07) is 0. The van der Waals surface area contributed by atoms with E-state index in [0.717, 1.165) is 32.3 Å². The summed E-state index contributed by atoms with van der Waals surface area (Å²) in [5.41, 5.74) is 0. The van der Waals surface area contributed by atoms with Gasteiger partial charge in [0.25, 0.3) is 0 Å². The molecule has 2 nitrogen and oxygen atoms in total. The molecule has 0 bridgehead atoms. The van der Waals surface area contributed by atoms with Crippen LogP contribution < -0.4 is 0 Å².